The van der Waals surface area contributed by atoms with E-state index in [9.17, 15) is 4.79 Å². The van der Waals surface area contributed by atoms with E-state index in [0.717, 1.165) is 35.4 Å². The van der Waals surface area contributed by atoms with Crippen molar-refractivity contribution in [2.75, 3.05) is 27.2 Å². The zero-order chi connectivity index (χ0) is 14.5. The zero-order valence-electron chi connectivity index (χ0n) is 12.4. The summed E-state index contributed by atoms with van der Waals surface area (Å²) in [6.07, 6.45) is 1.29. The molecule has 0 spiro atoms. The third-order valence-electron chi connectivity index (χ3n) is 3.18. The summed E-state index contributed by atoms with van der Waals surface area (Å²) in [6.45, 7) is 3.60. The van der Waals surface area contributed by atoms with E-state index in [1.807, 2.05) is 37.2 Å². The predicted octanol–water partition coefficient (Wildman–Crippen LogP) is 1.35. The van der Waals surface area contributed by atoms with E-state index in [1.165, 1.54) is 0 Å². The van der Waals surface area contributed by atoms with Gasteiger partial charge in [-0.25, -0.2) is 4.98 Å². The number of H-pyrrole nitrogens is 1. The second-order valence-electron chi connectivity index (χ2n) is 5.22. The first-order chi connectivity index (χ1) is 9.58. The first-order valence-corrected chi connectivity index (χ1v) is 6.97. The highest BCUT2D eigenvalue weighted by Crippen LogP contribution is 2.14. The number of imidazole rings is 1. The Hall–Kier alpha value is -1.88. The van der Waals surface area contributed by atoms with Crippen molar-refractivity contribution in [3.63, 3.8) is 0 Å². The van der Waals surface area contributed by atoms with Gasteiger partial charge >= 0.3 is 0 Å². The summed E-state index contributed by atoms with van der Waals surface area (Å²) >= 11 is 0. The Morgan fingerprint density at radius 3 is 2.90 bits per heavy atom. The summed E-state index contributed by atoms with van der Waals surface area (Å²) in [5, 5.41) is 2.92. The van der Waals surface area contributed by atoms with Gasteiger partial charge in [-0.05, 0) is 31.8 Å². The van der Waals surface area contributed by atoms with Gasteiger partial charge in [0.05, 0.1) is 17.5 Å². The number of nitrogens with zero attached hydrogens (tertiary/aromatic N) is 2. The Labute approximate surface area is 119 Å². The highest BCUT2D eigenvalue weighted by atomic mass is 16.1. The van der Waals surface area contributed by atoms with Crippen molar-refractivity contribution < 1.29 is 4.79 Å². The van der Waals surface area contributed by atoms with Gasteiger partial charge in [0.1, 0.15) is 5.82 Å². The van der Waals surface area contributed by atoms with Crippen molar-refractivity contribution in [1.82, 2.24) is 20.2 Å². The van der Waals surface area contributed by atoms with E-state index in [-0.39, 0.29) is 5.91 Å². The molecular weight excluding hydrogens is 252 g/mol. The van der Waals surface area contributed by atoms with Crippen LogP contribution in [0.2, 0.25) is 0 Å². The maximum atomic E-state index is 11.8. The number of aromatic nitrogens is 2. The lowest BCUT2D eigenvalue weighted by molar-refractivity contribution is -0.120. The van der Waals surface area contributed by atoms with Crippen LogP contribution < -0.4 is 5.32 Å². The summed E-state index contributed by atoms with van der Waals surface area (Å²) in [7, 11) is 3.98. The van der Waals surface area contributed by atoms with Crippen LogP contribution in [-0.2, 0) is 17.6 Å². The number of carbonyl (C=O) groups is 1. The Morgan fingerprint density at radius 2 is 2.20 bits per heavy atom. The molecule has 2 rings (SSSR count). The number of rotatable bonds is 6. The van der Waals surface area contributed by atoms with Gasteiger partial charge in [0.25, 0.3) is 0 Å². The molecule has 5 nitrogen and oxygen atoms in total. The molecule has 0 fully saturated rings. The predicted molar refractivity (Wildman–Crippen MR) is 80.7 cm³/mol. The number of fused-ring (bicyclic) bond motifs is 1. The Morgan fingerprint density at radius 1 is 1.40 bits per heavy atom. The molecule has 0 aliphatic rings. The van der Waals surface area contributed by atoms with E-state index in [1.54, 1.807) is 0 Å². The molecule has 1 amide bonds. The van der Waals surface area contributed by atoms with Crippen molar-refractivity contribution >= 4 is 16.9 Å². The summed E-state index contributed by atoms with van der Waals surface area (Å²) in [5.41, 5.74) is 2.96. The van der Waals surface area contributed by atoms with Crippen molar-refractivity contribution in [2.24, 2.45) is 0 Å². The van der Waals surface area contributed by atoms with Crippen LogP contribution in [0.5, 0.6) is 0 Å². The van der Waals surface area contributed by atoms with Crippen LogP contribution >= 0.6 is 0 Å². The highest BCUT2D eigenvalue weighted by Gasteiger charge is 2.06. The molecular formula is C15H22N4O. The summed E-state index contributed by atoms with van der Waals surface area (Å²) < 4.78 is 0. The number of hydrogen-bond donors (Lipinski definition) is 2. The van der Waals surface area contributed by atoms with Crippen LogP contribution in [0.1, 0.15) is 18.3 Å². The van der Waals surface area contributed by atoms with Crippen molar-refractivity contribution in [3.05, 3.63) is 29.6 Å². The standard InChI is InChI=1S/C15H22N4O/c1-4-14-17-12-6-5-11(9-13(12)18-14)10-15(20)16-7-8-19(2)3/h5-6,9H,4,7-8,10H2,1-3H3,(H,16,20)(H,17,18). The van der Waals surface area contributed by atoms with Crippen LogP contribution in [0.4, 0.5) is 0 Å². The zero-order valence-corrected chi connectivity index (χ0v) is 12.4. The molecule has 0 unspecified atom stereocenters. The quantitative estimate of drug-likeness (QED) is 0.836. The monoisotopic (exact) mass is 274 g/mol. The van der Waals surface area contributed by atoms with E-state index < -0.39 is 0 Å². The number of benzene rings is 1. The molecule has 0 saturated heterocycles. The minimum Gasteiger partial charge on any atom is -0.355 e. The number of carbonyl (C=O) groups excluding carboxylic acids is 1. The maximum absolute atomic E-state index is 11.8. The molecule has 1 heterocycles. The molecule has 2 aromatic rings. The van der Waals surface area contributed by atoms with E-state index in [0.29, 0.717) is 13.0 Å². The highest BCUT2D eigenvalue weighted by molar-refractivity contribution is 5.81. The van der Waals surface area contributed by atoms with Gasteiger partial charge in [0, 0.05) is 19.5 Å². The van der Waals surface area contributed by atoms with E-state index in [2.05, 4.69) is 22.2 Å². The number of amides is 1. The first kappa shape index (κ1) is 14.5. The van der Waals surface area contributed by atoms with Crippen molar-refractivity contribution in [2.45, 2.75) is 19.8 Å². The Kier molecular flexibility index (Phi) is 4.74. The number of aromatic amines is 1. The molecule has 5 heteroatoms. The van der Waals surface area contributed by atoms with Crippen molar-refractivity contribution in [1.29, 1.82) is 0 Å². The molecule has 0 aliphatic carbocycles. The van der Waals surface area contributed by atoms with Gasteiger partial charge in [0.2, 0.25) is 5.91 Å². The molecule has 0 aliphatic heterocycles. The lowest BCUT2D eigenvalue weighted by Gasteiger charge is -2.10. The lowest BCUT2D eigenvalue weighted by atomic mass is 10.1. The molecule has 0 bridgehead atoms. The van der Waals surface area contributed by atoms with Crippen LogP contribution in [-0.4, -0.2) is 48.0 Å². The number of aryl methyl sites for hydroxylation is 1. The Bertz CT molecular complexity index is 589. The fourth-order valence-electron chi connectivity index (χ4n) is 2.05. The molecule has 0 radical (unpaired) electrons. The third kappa shape index (κ3) is 3.81. The van der Waals surface area contributed by atoms with Gasteiger partial charge in [-0.15, -0.1) is 0 Å². The smallest absolute Gasteiger partial charge is 0.224 e. The SMILES string of the molecule is CCc1nc2ccc(CC(=O)NCCN(C)C)cc2[nH]1. The van der Waals surface area contributed by atoms with Crippen LogP contribution in [0.3, 0.4) is 0 Å². The molecule has 0 atom stereocenters. The average Bonchev–Trinajstić information content (AvgIpc) is 2.80. The molecule has 1 aromatic heterocycles. The largest absolute Gasteiger partial charge is 0.355 e. The van der Waals surface area contributed by atoms with E-state index in [4.69, 9.17) is 0 Å². The van der Waals surface area contributed by atoms with Gasteiger partial charge in [-0.3, -0.25) is 4.79 Å². The van der Waals surface area contributed by atoms with Crippen LogP contribution in [0.15, 0.2) is 18.2 Å². The lowest BCUT2D eigenvalue weighted by Crippen LogP contribution is -2.32. The fraction of sp³-hybridized carbons (Fsp3) is 0.467. The van der Waals surface area contributed by atoms with Crippen LogP contribution in [0, 0.1) is 0 Å². The second kappa shape index (κ2) is 6.52. The summed E-state index contributed by atoms with van der Waals surface area (Å²) in [5.74, 6) is 1.04. The fourth-order valence-corrected chi connectivity index (χ4v) is 2.05. The molecule has 2 N–H and O–H groups in total. The molecule has 0 saturated carbocycles. The first-order valence-electron chi connectivity index (χ1n) is 6.97. The van der Waals surface area contributed by atoms with Gasteiger partial charge in [-0.2, -0.15) is 0 Å². The van der Waals surface area contributed by atoms with Gasteiger partial charge in [0.15, 0.2) is 0 Å². The Balaban J connectivity index is 1.97. The molecule has 1 aromatic carbocycles. The number of hydrogen-bond acceptors (Lipinski definition) is 3. The molecule has 108 valence electrons. The number of likely N-dealkylation sites (N-methyl/N-ethyl adjacent to an activating group) is 1. The number of nitrogens with one attached hydrogen (secondary N) is 2. The van der Waals surface area contributed by atoms with Crippen LogP contribution in [0.25, 0.3) is 11.0 Å². The summed E-state index contributed by atoms with van der Waals surface area (Å²) in [4.78, 5) is 21.6. The minimum absolute atomic E-state index is 0.0569. The summed E-state index contributed by atoms with van der Waals surface area (Å²) in [6, 6.07) is 5.94. The van der Waals surface area contributed by atoms with Gasteiger partial charge < -0.3 is 15.2 Å². The minimum atomic E-state index is 0.0569. The van der Waals surface area contributed by atoms with Crippen molar-refractivity contribution in [3.8, 4) is 0 Å². The average molecular weight is 274 g/mol. The topological polar surface area (TPSA) is 61.0 Å². The molecule has 20 heavy (non-hydrogen) atoms. The maximum Gasteiger partial charge on any atom is 0.224 e. The van der Waals surface area contributed by atoms with E-state index >= 15 is 0 Å². The van der Waals surface area contributed by atoms with Gasteiger partial charge in [-0.1, -0.05) is 13.0 Å². The normalized spacial score (nSPS) is 11.2. The second-order valence-corrected chi connectivity index (χ2v) is 5.22. The third-order valence-corrected chi connectivity index (χ3v) is 3.18.